The zero-order valence-electron chi connectivity index (χ0n) is 10.6. The molecule has 0 radical (unpaired) electrons. The predicted molar refractivity (Wildman–Crippen MR) is 73.8 cm³/mol. The molecule has 3 heteroatoms. The Morgan fingerprint density at radius 2 is 1.88 bits per heavy atom. The molecule has 1 heterocycles. The van der Waals surface area contributed by atoms with Crippen LogP contribution >= 0.6 is 11.8 Å². The fraction of sp³-hybridized carbons (Fsp3) is 0.500. The first kappa shape index (κ1) is 12.5. The highest BCUT2D eigenvalue weighted by molar-refractivity contribution is 7.98. The van der Waals surface area contributed by atoms with E-state index in [4.69, 9.17) is 0 Å². The molecule has 1 aromatic carbocycles. The van der Waals surface area contributed by atoms with Gasteiger partial charge in [0.2, 0.25) is 0 Å². The Bertz CT molecular complexity index is 401. The van der Waals surface area contributed by atoms with Crippen LogP contribution in [0.3, 0.4) is 0 Å². The fourth-order valence-corrected chi connectivity index (χ4v) is 2.75. The quantitative estimate of drug-likeness (QED) is 0.751. The molecule has 1 aromatic rings. The molecule has 92 valence electrons. The van der Waals surface area contributed by atoms with Crippen LogP contribution < -0.4 is 4.90 Å². The number of nitrogens with zero attached hydrogens (tertiary/aromatic N) is 1. The summed E-state index contributed by atoms with van der Waals surface area (Å²) in [6, 6.07) is 8.91. The molecular formula is C14H19NOS. The van der Waals surface area contributed by atoms with Gasteiger partial charge in [-0.2, -0.15) is 0 Å². The number of carbonyl (C=O) groups is 1. The molecule has 0 N–H and O–H groups in total. The standard InChI is InChI=1S/C14H19NOS/c1-10-11(2)15(9-8-14(10)16)12-4-6-13(17-3)7-5-12/h4-7,10-11H,8-9H2,1-3H3. The summed E-state index contributed by atoms with van der Waals surface area (Å²) in [5.74, 6) is 0.540. The Morgan fingerprint density at radius 1 is 1.24 bits per heavy atom. The smallest absolute Gasteiger partial charge is 0.139 e. The van der Waals surface area contributed by atoms with E-state index < -0.39 is 0 Å². The summed E-state index contributed by atoms with van der Waals surface area (Å²) >= 11 is 1.75. The minimum atomic E-state index is 0.143. The third-order valence-corrected chi connectivity index (χ3v) is 4.47. The van der Waals surface area contributed by atoms with Gasteiger partial charge in [-0.05, 0) is 37.4 Å². The van der Waals surface area contributed by atoms with Crippen molar-refractivity contribution in [3.8, 4) is 0 Å². The van der Waals surface area contributed by atoms with Crippen LogP contribution in [-0.4, -0.2) is 24.6 Å². The molecule has 1 fully saturated rings. The first-order chi connectivity index (χ1) is 8.13. The van der Waals surface area contributed by atoms with Gasteiger partial charge in [-0.3, -0.25) is 4.79 Å². The topological polar surface area (TPSA) is 20.3 Å². The largest absolute Gasteiger partial charge is 0.368 e. The molecule has 0 amide bonds. The Hall–Kier alpha value is -0.960. The molecule has 2 atom stereocenters. The Morgan fingerprint density at radius 3 is 2.47 bits per heavy atom. The van der Waals surface area contributed by atoms with Crippen LogP contribution in [0.1, 0.15) is 20.3 Å². The van der Waals surface area contributed by atoms with Gasteiger partial charge in [0.1, 0.15) is 5.78 Å². The Balaban J connectivity index is 2.18. The summed E-state index contributed by atoms with van der Waals surface area (Å²) < 4.78 is 0. The Kier molecular flexibility index (Phi) is 3.77. The van der Waals surface area contributed by atoms with Crippen LogP contribution in [0.2, 0.25) is 0 Å². The summed E-state index contributed by atoms with van der Waals surface area (Å²) in [5, 5.41) is 0. The molecule has 0 bridgehead atoms. The lowest BCUT2D eigenvalue weighted by Crippen LogP contribution is -2.46. The van der Waals surface area contributed by atoms with Crippen LogP contribution in [0.4, 0.5) is 5.69 Å². The van der Waals surface area contributed by atoms with E-state index in [0.717, 1.165) is 6.54 Å². The number of carbonyl (C=O) groups excluding carboxylic acids is 1. The highest BCUT2D eigenvalue weighted by atomic mass is 32.2. The highest BCUT2D eigenvalue weighted by Gasteiger charge is 2.30. The SMILES string of the molecule is CSc1ccc(N2CCC(=O)C(C)C2C)cc1. The molecule has 0 aromatic heterocycles. The van der Waals surface area contributed by atoms with Gasteiger partial charge in [0.05, 0.1) is 0 Å². The maximum Gasteiger partial charge on any atom is 0.139 e. The minimum Gasteiger partial charge on any atom is -0.368 e. The van der Waals surface area contributed by atoms with Crippen molar-refractivity contribution in [3.05, 3.63) is 24.3 Å². The number of hydrogen-bond donors (Lipinski definition) is 0. The van der Waals surface area contributed by atoms with Crippen molar-refractivity contribution in [2.24, 2.45) is 5.92 Å². The van der Waals surface area contributed by atoms with E-state index >= 15 is 0 Å². The van der Waals surface area contributed by atoms with Crippen molar-refractivity contribution < 1.29 is 4.79 Å². The van der Waals surface area contributed by atoms with Gasteiger partial charge in [-0.25, -0.2) is 0 Å². The summed E-state index contributed by atoms with van der Waals surface area (Å²) in [7, 11) is 0. The van der Waals surface area contributed by atoms with Crippen LogP contribution in [0, 0.1) is 5.92 Å². The maximum atomic E-state index is 11.7. The van der Waals surface area contributed by atoms with E-state index in [1.807, 2.05) is 6.92 Å². The van der Waals surface area contributed by atoms with Crippen molar-refractivity contribution in [1.29, 1.82) is 0 Å². The van der Waals surface area contributed by atoms with Crippen molar-refractivity contribution in [2.75, 3.05) is 17.7 Å². The monoisotopic (exact) mass is 249 g/mol. The number of rotatable bonds is 2. The van der Waals surface area contributed by atoms with Crippen molar-refractivity contribution in [2.45, 2.75) is 31.2 Å². The summed E-state index contributed by atoms with van der Waals surface area (Å²) in [4.78, 5) is 15.3. The van der Waals surface area contributed by atoms with Crippen LogP contribution in [0.25, 0.3) is 0 Å². The predicted octanol–water partition coefficient (Wildman–Crippen LogP) is 3.21. The molecule has 17 heavy (non-hydrogen) atoms. The first-order valence-electron chi connectivity index (χ1n) is 6.07. The molecule has 1 aliphatic rings. The molecule has 0 spiro atoms. The van der Waals surface area contributed by atoms with Gasteiger partial charge in [-0.1, -0.05) is 6.92 Å². The van der Waals surface area contributed by atoms with E-state index in [1.165, 1.54) is 10.6 Å². The molecule has 0 saturated carbocycles. The van der Waals surface area contributed by atoms with Gasteiger partial charge >= 0.3 is 0 Å². The lowest BCUT2D eigenvalue weighted by atomic mass is 9.90. The lowest BCUT2D eigenvalue weighted by Gasteiger charge is -2.38. The van der Waals surface area contributed by atoms with Crippen molar-refractivity contribution in [3.63, 3.8) is 0 Å². The average Bonchev–Trinajstić information content (AvgIpc) is 2.36. The van der Waals surface area contributed by atoms with Crippen LogP contribution in [0.15, 0.2) is 29.2 Å². The molecule has 0 aliphatic carbocycles. The third kappa shape index (κ3) is 2.49. The van der Waals surface area contributed by atoms with Crippen LogP contribution in [0.5, 0.6) is 0 Å². The highest BCUT2D eigenvalue weighted by Crippen LogP contribution is 2.28. The molecule has 2 nitrogen and oxygen atoms in total. The zero-order valence-corrected chi connectivity index (χ0v) is 11.5. The second-order valence-electron chi connectivity index (χ2n) is 4.64. The van der Waals surface area contributed by atoms with Gasteiger partial charge in [0, 0.05) is 35.5 Å². The molecule has 2 unspecified atom stereocenters. The molecule has 1 saturated heterocycles. The normalized spacial score (nSPS) is 25.1. The van der Waals surface area contributed by atoms with Crippen LogP contribution in [-0.2, 0) is 4.79 Å². The number of benzene rings is 1. The minimum absolute atomic E-state index is 0.143. The second-order valence-corrected chi connectivity index (χ2v) is 5.52. The van der Waals surface area contributed by atoms with Gasteiger partial charge < -0.3 is 4.90 Å². The third-order valence-electron chi connectivity index (χ3n) is 3.73. The fourth-order valence-electron chi connectivity index (χ4n) is 2.34. The zero-order chi connectivity index (χ0) is 12.4. The summed E-state index contributed by atoms with van der Waals surface area (Å²) in [5.41, 5.74) is 1.23. The summed E-state index contributed by atoms with van der Waals surface area (Å²) in [6.07, 6.45) is 2.76. The number of hydrogen-bond acceptors (Lipinski definition) is 3. The van der Waals surface area contributed by atoms with E-state index in [1.54, 1.807) is 11.8 Å². The van der Waals surface area contributed by atoms with E-state index in [9.17, 15) is 4.79 Å². The number of piperidine rings is 1. The maximum absolute atomic E-state index is 11.7. The van der Waals surface area contributed by atoms with E-state index in [-0.39, 0.29) is 5.92 Å². The number of anilines is 1. The molecular weight excluding hydrogens is 230 g/mol. The molecule has 1 aliphatic heterocycles. The van der Waals surface area contributed by atoms with Gasteiger partial charge in [0.25, 0.3) is 0 Å². The van der Waals surface area contributed by atoms with Gasteiger partial charge in [0.15, 0.2) is 0 Å². The first-order valence-corrected chi connectivity index (χ1v) is 7.29. The second kappa shape index (κ2) is 5.13. The average molecular weight is 249 g/mol. The Labute approximate surface area is 107 Å². The lowest BCUT2D eigenvalue weighted by molar-refractivity contribution is -0.123. The molecule has 2 rings (SSSR count). The van der Waals surface area contributed by atoms with Crippen molar-refractivity contribution in [1.82, 2.24) is 0 Å². The summed E-state index contributed by atoms with van der Waals surface area (Å²) in [6.45, 7) is 5.03. The van der Waals surface area contributed by atoms with E-state index in [2.05, 4.69) is 42.3 Å². The number of Topliss-reactive ketones (excluding diaryl/α,β-unsaturated/α-hetero) is 1. The van der Waals surface area contributed by atoms with Gasteiger partial charge in [-0.15, -0.1) is 11.8 Å². The number of thioether (sulfide) groups is 1. The van der Waals surface area contributed by atoms with E-state index in [0.29, 0.717) is 18.2 Å². The van der Waals surface area contributed by atoms with Crippen molar-refractivity contribution >= 4 is 23.2 Å². The number of ketones is 1.